The van der Waals surface area contributed by atoms with Gasteiger partial charge in [0.15, 0.2) is 0 Å². The largest absolute Gasteiger partial charge is 0.497 e. The van der Waals surface area contributed by atoms with Gasteiger partial charge in [-0.1, -0.05) is 24.3 Å². The number of thioether (sulfide) groups is 1. The number of hydrogen-bond donors (Lipinski definition) is 2. The number of para-hydroxylation sites is 1. The molecule has 7 heteroatoms. The number of ether oxygens (including phenoxy) is 1. The predicted octanol–water partition coefficient (Wildman–Crippen LogP) is 3.81. The summed E-state index contributed by atoms with van der Waals surface area (Å²) in [7, 11) is 1.65. The molecule has 25 heavy (non-hydrogen) atoms. The third kappa shape index (κ3) is 4.60. The van der Waals surface area contributed by atoms with E-state index in [1.165, 1.54) is 0 Å². The third-order valence-corrected chi connectivity index (χ3v) is 4.49. The average Bonchev–Trinajstić information content (AvgIpc) is 2.62. The molecule has 0 aliphatic rings. The molecule has 0 spiro atoms. The van der Waals surface area contributed by atoms with Crippen LogP contribution in [0.2, 0.25) is 0 Å². The zero-order chi connectivity index (χ0) is 17.6. The summed E-state index contributed by atoms with van der Waals surface area (Å²) in [6, 6.07) is 15.8. The Balaban J connectivity index is 1.74. The zero-order valence-corrected chi connectivity index (χ0v) is 14.9. The second-order valence-electron chi connectivity index (χ2n) is 5.34. The number of benzene rings is 2. The van der Waals surface area contributed by atoms with Crippen molar-refractivity contribution >= 4 is 29.3 Å². The highest BCUT2D eigenvalue weighted by Crippen LogP contribution is 2.26. The van der Waals surface area contributed by atoms with Crippen LogP contribution in [-0.4, -0.2) is 22.1 Å². The molecule has 3 aromatic rings. The molecule has 6 nitrogen and oxygen atoms in total. The molecule has 3 N–H and O–H groups in total. The SMILES string of the molecule is COc1cccc(SCc2nc(N)nc(Nc3ccccc3C)n2)c1. The van der Waals surface area contributed by atoms with Crippen LogP contribution < -0.4 is 15.8 Å². The van der Waals surface area contributed by atoms with Crippen LogP contribution in [0, 0.1) is 6.92 Å². The van der Waals surface area contributed by atoms with Crippen LogP contribution >= 0.6 is 11.8 Å². The summed E-state index contributed by atoms with van der Waals surface area (Å²) in [6.07, 6.45) is 0. The number of anilines is 3. The summed E-state index contributed by atoms with van der Waals surface area (Å²) in [5, 5.41) is 3.20. The highest BCUT2D eigenvalue weighted by atomic mass is 32.2. The first-order chi connectivity index (χ1) is 12.1. The lowest BCUT2D eigenvalue weighted by molar-refractivity contribution is 0.413. The second-order valence-corrected chi connectivity index (χ2v) is 6.39. The summed E-state index contributed by atoms with van der Waals surface area (Å²) < 4.78 is 5.24. The normalized spacial score (nSPS) is 10.5. The minimum atomic E-state index is 0.201. The fraction of sp³-hybridized carbons (Fsp3) is 0.167. The van der Waals surface area contributed by atoms with E-state index >= 15 is 0 Å². The topological polar surface area (TPSA) is 86.0 Å². The fourth-order valence-corrected chi connectivity index (χ4v) is 3.03. The van der Waals surface area contributed by atoms with Gasteiger partial charge < -0.3 is 15.8 Å². The number of nitrogens with zero attached hydrogens (tertiary/aromatic N) is 3. The van der Waals surface area contributed by atoms with Gasteiger partial charge in [-0.2, -0.15) is 15.0 Å². The molecular weight excluding hydrogens is 334 g/mol. The first kappa shape index (κ1) is 17.0. The van der Waals surface area contributed by atoms with E-state index < -0.39 is 0 Å². The fourth-order valence-electron chi connectivity index (χ4n) is 2.23. The predicted molar refractivity (Wildman–Crippen MR) is 101 cm³/mol. The molecule has 0 atom stereocenters. The maximum Gasteiger partial charge on any atom is 0.232 e. The van der Waals surface area contributed by atoms with Crippen LogP contribution in [0.25, 0.3) is 0 Å². The van der Waals surface area contributed by atoms with Crippen molar-refractivity contribution in [2.75, 3.05) is 18.2 Å². The van der Waals surface area contributed by atoms with Crippen molar-refractivity contribution in [1.29, 1.82) is 0 Å². The number of nitrogen functional groups attached to an aromatic ring is 1. The third-order valence-electron chi connectivity index (χ3n) is 3.50. The van der Waals surface area contributed by atoms with Crippen molar-refractivity contribution in [3.05, 3.63) is 59.9 Å². The molecule has 0 aliphatic heterocycles. The van der Waals surface area contributed by atoms with E-state index in [-0.39, 0.29) is 5.95 Å². The molecule has 1 heterocycles. The van der Waals surface area contributed by atoms with E-state index in [1.54, 1.807) is 18.9 Å². The van der Waals surface area contributed by atoms with Gasteiger partial charge >= 0.3 is 0 Å². The molecule has 1 aromatic heterocycles. The van der Waals surface area contributed by atoms with Gasteiger partial charge in [-0.05, 0) is 36.8 Å². The molecule has 0 saturated heterocycles. The van der Waals surface area contributed by atoms with E-state index in [4.69, 9.17) is 10.5 Å². The summed E-state index contributed by atoms with van der Waals surface area (Å²) in [6.45, 7) is 2.02. The minimum absolute atomic E-state index is 0.201. The molecule has 0 bridgehead atoms. The van der Waals surface area contributed by atoms with Gasteiger partial charge in [0.1, 0.15) is 11.6 Å². The lowest BCUT2D eigenvalue weighted by Gasteiger charge is -2.09. The van der Waals surface area contributed by atoms with E-state index in [2.05, 4.69) is 20.3 Å². The monoisotopic (exact) mass is 353 g/mol. The highest BCUT2D eigenvalue weighted by Gasteiger charge is 2.07. The van der Waals surface area contributed by atoms with Gasteiger partial charge in [-0.25, -0.2) is 0 Å². The Labute approximate surface area is 150 Å². The van der Waals surface area contributed by atoms with E-state index in [0.717, 1.165) is 21.9 Å². The number of nitrogens with two attached hydrogens (primary N) is 1. The number of rotatable bonds is 6. The van der Waals surface area contributed by atoms with Crippen LogP contribution in [0.1, 0.15) is 11.4 Å². The Morgan fingerprint density at radius 2 is 1.92 bits per heavy atom. The van der Waals surface area contributed by atoms with Crippen LogP contribution in [-0.2, 0) is 5.75 Å². The zero-order valence-electron chi connectivity index (χ0n) is 14.1. The van der Waals surface area contributed by atoms with Gasteiger partial charge in [0, 0.05) is 10.6 Å². The number of nitrogens with one attached hydrogen (secondary N) is 1. The van der Waals surface area contributed by atoms with E-state index in [1.807, 2.05) is 55.5 Å². The van der Waals surface area contributed by atoms with Crippen molar-refractivity contribution in [2.24, 2.45) is 0 Å². The average molecular weight is 353 g/mol. The van der Waals surface area contributed by atoms with Gasteiger partial charge in [0.05, 0.1) is 12.9 Å². The lowest BCUT2D eigenvalue weighted by atomic mass is 10.2. The molecule has 128 valence electrons. The molecule has 0 radical (unpaired) electrons. The molecule has 0 unspecified atom stereocenters. The quantitative estimate of drug-likeness (QED) is 0.652. The van der Waals surface area contributed by atoms with Gasteiger partial charge in [0.25, 0.3) is 0 Å². The standard InChI is InChI=1S/C18H19N5OS/c1-12-6-3-4-9-15(12)20-18-22-16(21-17(19)23-18)11-25-14-8-5-7-13(10-14)24-2/h3-10H,11H2,1-2H3,(H3,19,20,21,22,23). The Hall–Kier alpha value is -2.80. The molecule has 2 aromatic carbocycles. The number of hydrogen-bond acceptors (Lipinski definition) is 7. The Kier molecular flexibility index (Phi) is 5.35. The molecule has 3 rings (SSSR count). The molecule has 0 saturated carbocycles. The van der Waals surface area contributed by atoms with Gasteiger partial charge in [-0.3, -0.25) is 0 Å². The Morgan fingerprint density at radius 3 is 2.72 bits per heavy atom. The van der Waals surface area contributed by atoms with Crippen LogP contribution in [0.3, 0.4) is 0 Å². The summed E-state index contributed by atoms with van der Waals surface area (Å²) in [4.78, 5) is 13.9. The summed E-state index contributed by atoms with van der Waals surface area (Å²) in [5.74, 6) is 2.68. The molecule has 0 amide bonds. The smallest absolute Gasteiger partial charge is 0.232 e. The van der Waals surface area contributed by atoms with Crippen molar-refractivity contribution in [2.45, 2.75) is 17.6 Å². The Bertz CT molecular complexity index is 872. The van der Waals surface area contributed by atoms with E-state index in [9.17, 15) is 0 Å². The lowest BCUT2D eigenvalue weighted by Crippen LogP contribution is -2.07. The van der Waals surface area contributed by atoms with Gasteiger partial charge in [-0.15, -0.1) is 11.8 Å². The van der Waals surface area contributed by atoms with Crippen LogP contribution in [0.4, 0.5) is 17.6 Å². The first-order valence-corrected chi connectivity index (χ1v) is 8.72. The molecular formula is C18H19N5OS. The number of methoxy groups -OCH3 is 1. The highest BCUT2D eigenvalue weighted by molar-refractivity contribution is 7.98. The summed E-state index contributed by atoms with van der Waals surface area (Å²) >= 11 is 1.61. The number of aromatic nitrogens is 3. The summed E-state index contributed by atoms with van der Waals surface area (Å²) in [5.41, 5.74) is 7.88. The second kappa shape index (κ2) is 7.85. The number of aryl methyl sites for hydroxylation is 1. The molecule has 0 aliphatic carbocycles. The van der Waals surface area contributed by atoms with Crippen LogP contribution in [0.15, 0.2) is 53.4 Å². The maximum absolute atomic E-state index is 5.83. The molecule has 0 fully saturated rings. The van der Waals surface area contributed by atoms with Crippen molar-refractivity contribution in [3.8, 4) is 5.75 Å². The maximum atomic E-state index is 5.83. The van der Waals surface area contributed by atoms with Crippen LogP contribution in [0.5, 0.6) is 5.75 Å². The Morgan fingerprint density at radius 1 is 1.08 bits per heavy atom. The van der Waals surface area contributed by atoms with E-state index in [0.29, 0.717) is 17.5 Å². The van der Waals surface area contributed by atoms with Gasteiger partial charge in [0.2, 0.25) is 11.9 Å². The van der Waals surface area contributed by atoms with Crippen molar-refractivity contribution in [3.63, 3.8) is 0 Å². The minimum Gasteiger partial charge on any atom is -0.497 e. The van der Waals surface area contributed by atoms with Crippen molar-refractivity contribution in [1.82, 2.24) is 15.0 Å². The van der Waals surface area contributed by atoms with Crippen molar-refractivity contribution < 1.29 is 4.74 Å². The first-order valence-electron chi connectivity index (χ1n) is 7.74.